The van der Waals surface area contributed by atoms with Crippen molar-refractivity contribution in [1.82, 2.24) is 35.6 Å². The van der Waals surface area contributed by atoms with E-state index in [-0.39, 0.29) is 50.0 Å². The molecule has 4 bridgehead atoms. The molecule has 0 unspecified atom stereocenters. The molecule has 2 aliphatic heterocycles. The van der Waals surface area contributed by atoms with Crippen LogP contribution in [0.15, 0.2) is 59.0 Å². The molecule has 0 fully saturated rings. The molecule has 0 saturated heterocycles. The van der Waals surface area contributed by atoms with E-state index in [1.54, 1.807) is 25.1 Å². The normalized spacial score (nSPS) is 17.3. The molecule has 0 saturated carbocycles. The van der Waals surface area contributed by atoms with E-state index >= 15 is 0 Å². The lowest BCUT2D eigenvalue weighted by atomic mass is 10.0. The molecule has 244 valence electrons. The van der Waals surface area contributed by atoms with Crippen LogP contribution in [0.5, 0.6) is 11.5 Å². The number of hydrogen-bond acceptors (Lipinski definition) is 9. The predicted molar refractivity (Wildman–Crippen MR) is 168 cm³/mol. The maximum atomic E-state index is 13.7. The van der Waals surface area contributed by atoms with Gasteiger partial charge in [0.25, 0.3) is 11.8 Å². The van der Waals surface area contributed by atoms with Gasteiger partial charge in [-0.05, 0) is 37.1 Å². The predicted octanol–water partition coefficient (Wildman–Crippen LogP) is 1.87. The van der Waals surface area contributed by atoms with Crippen molar-refractivity contribution in [1.29, 1.82) is 0 Å². The maximum absolute atomic E-state index is 13.7. The van der Waals surface area contributed by atoms with Crippen LogP contribution in [0.4, 0.5) is 0 Å². The number of benzene rings is 2. The van der Waals surface area contributed by atoms with Gasteiger partial charge < -0.3 is 34.7 Å². The Bertz CT molecular complexity index is 1800. The minimum atomic E-state index is -0.941. The van der Waals surface area contributed by atoms with Gasteiger partial charge in [-0.25, -0.2) is 4.98 Å². The van der Waals surface area contributed by atoms with Gasteiger partial charge in [-0.3, -0.25) is 23.9 Å². The van der Waals surface area contributed by atoms with Crippen LogP contribution in [0.25, 0.3) is 11.5 Å². The fourth-order valence-corrected chi connectivity index (χ4v) is 5.50. The van der Waals surface area contributed by atoms with Crippen molar-refractivity contribution in [3.05, 3.63) is 83.0 Å². The molecule has 6 rings (SSSR count). The SMILES string of the molecule is COc1ccc2cc1OCCCN(C(=O)c1cc3n(n1)CCNC3=O)CC(=O)N[C@H](Cc1ccccc1)C(=O)NCc1nc-2oc1C. The third kappa shape index (κ3) is 7.11. The van der Waals surface area contributed by atoms with Gasteiger partial charge in [0.2, 0.25) is 17.7 Å². The van der Waals surface area contributed by atoms with Gasteiger partial charge in [0.05, 0.1) is 33.4 Å². The molecular weight excluding hydrogens is 606 g/mol. The van der Waals surface area contributed by atoms with Gasteiger partial charge in [0, 0.05) is 31.1 Å². The third-order valence-electron chi connectivity index (χ3n) is 7.96. The quantitative estimate of drug-likeness (QED) is 0.301. The second kappa shape index (κ2) is 13.8. The van der Waals surface area contributed by atoms with Crippen LogP contribution in [-0.4, -0.2) is 82.7 Å². The Balaban J connectivity index is 1.30. The summed E-state index contributed by atoms with van der Waals surface area (Å²) in [6, 6.07) is 15.1. The maximum Gasteiger partial charge on any atom is 0.274 e. The zero-order chi connectivity index (χ0) is 32.9. The summed E-state index contributed by atoms with van der Waals surface area (Å²) in [6.07, 6.45) is 0.567. The summed E-state index contributed by atoms with van der Waals surface area (Å²) in [5.41, 5.74) is 2.35. The monoisotopic (exact) mass is 641 g/mol. The van der Waals surface area contributed by atoms with E-state index in [1.165, 1.54) is 22.8 Å². The van der Waals surface area contributed by atoms with E-state index in [2.05, 4.69) is 26.0 Å². The molecule has 0 radical (unpaired) electrons. The molecular formula is C33H35N7O7. The van der Waals surface area contributed by atoms with Gasteiger partial charge in [0.1, 0.15) is 23.2 Å². The topological polar surface area (TPSA) is 170 Å². The average Bonchev–Trinajstić information content (AvgIpc) is 3.68. The number of oxazole rings is 1. The fourth-order valence-electron chi connectivity index (χ4n) is 5.50. The van der Waals surface area contributed by atoms with Crippen LogP contribution < -0.4 is 25.4 Å². The molecule has 4 amide bonds. The molecule has 2 aromatic carbocycles. The molecule has 2 aromatic heterocycles. The third-order valence-corrected chi connectivity index (χ3v) is 7.96. The number of carbonyl (C=O) groups excluding carboxylic acids is 4. The Labute approximate surface area is 270 Å². The van der Waals surface area contributed by atoms with Crippen LogP contribution in [0.1, 0.15) is 44.4 Å². The Morgan fingerprint density at radius 3 is 2.68 bits per heavy atom. The van der Waals surface area contributed by atoms with Crippen molar-refractivity contribution in [2.45, 2.75) is 38.9 Å². The van der Waals surface area contributed by atoms with E-state index in [4.69, 9.17) is 13.9 Å². The van der Waals surface area contributed by atoms with Crippen molar-refractivity contribution in [3.63, 3.8) is 0 Å². The molecule has 2 aliphatic rings. The number of nitrogens with one attached hydrogen (secondary N) is 3. The number of amides is 4. The van der Waals surface area contributed by atoms with Crippen LogP contribution in [0, 0.1) is 6.92 Å². The number of methoxy groups -OCH3 is 1. The summed E-state index contributed by atoms with van der Waals surface area (Å²) in [5, 5.41) is 12.8. The summed E-state index contributed by atoms with van der Waals surface area (Å²) in [7, 11) is 1.53. The highest BCUT2D eigenvalue weighted by Crippen LogP contribution is 2.33. The van der Waals surface area contributed by atoms with Crippen molar-refractivity contribution >= 4 is 23.6 Å². The number of rotatable bonds is 4. The van der Waals surface area contributed by atoms with Crippen molar-refractivity contribution in [3.8, 4) is 23.0 Å². The fraction of sp³-hybridized carbons (Fsp3) is 0.333. The molecule has 4 aromatic rings. The average molecular weight is 642 g/mol. The second-order valence-electron chi connectivity index (χ2n) is 11.2. The molecule has 14 heteroatoms. The van der Waals surface area contributed by atoms with E-state index in [0.29, 0.717) is 53.9 Å². The van der Waals surface area contributed by atoms with Crippen molar-refractivity contribution in [2.75, 3.05) is 33.4 Å². The molecule has 0 spiro atoms. The highest BCUT2D eigenvalue weighted by molar-refractivity contribution is 5.99. The van der Waals surface area contributed by atoms with E-state index in [0.717, 1.165) is 5.56 Å². The molecule has 47 heavy (non-hydrogen) atoms. The number of aromatic nitrogens is 3. The zero-order valence-corrected chi connectivity index (χ0v) is 26.1. The highest BCUT2D eigenvalue weighted by atomic mass is 16.5. The van der Waals surface area contributed by atoms with Crippen LogP contribution in [0.2, 0.25) is 0 Å². The van der Waals surface area contributed by atoms with E-state index < -0.39 is 23.8 Å². The lowest BCUT2D eigenvalue weighted by Gasteiger charge is -2.24. The summed E-state index contributed by atoms with van der Waals surface area (Å²) in [6.45, 7) is 2.61. The van der Waals surface area contributed by atoms with Crippen LogP contribution in [-0.2, 0) is 29.1 Å². The number of fused-ring (bicyclic) bond motifs is 6. The molecule has 4 heterocycles. The molecule has 14 nitrogen and oxygen atoms in total. The molecule has 1 atom stereocenters. The Hall–Kier alpha value is -5.66. The molecule has 0 aliphatic carbocycles. The first-order valence-corrected chi connectivity index (χ1v) is 15.3. The van der Waals surface area contributed by atoms with Crippen molar-refractivity contribution in [2.24, 2.45) is 0 Å². The Morgan fingerprint density at radius 1 is 1.06 bits per heavy atom. The molecule has 3 N–H and O–H groups in total. The van der Waals surface area contributed by atoms with Gasteiger partial charge in [0.15, 0.2) is 17.2 Å². The number of nitrogens with zero attached hydrogens (tertiary/aromatic N) is 4. The summed E-state index contributed by atoms with van der Waals surface area (Å²) >= 11 is 0. The summed E-state index contributed by atoms with van der Waals surface area (Å²) < 4.78 is 19.0. The first-order valence-electron chi connectivity index (χ1n) is 15.3. The van der Waals surface area contributed by atoms with Crippen LogP contribution >= 0.6 is 0 Å². The first kappa shape index (κ1) is 31.3. The number of hydrogen-bond donors (Lipinski definition) is 3. The lowest BCUT2D eigenvalue weighted by molar-refractivity contribution is -0.129. The van der Waals surface area contributed by atoms with Gasteiger partial charge in [-0.15, -0.1) is 0 Å². The second-order valence-corrected chi connectivity index (χ2v) is 11.2. The van der Waals surface area contributed by atoms with Gasteiger partial charge in [-0.2, -0.15) is 5.10 Å². The minimum absolute atomic E-state index is 0.0424. The van der Waals surface area contributed by atoms with Gasteiger partial charge >= 0.3 is 0 Å². The standard InChI is InChI=1S/C33H35N7O7/c1-20-25-18-35-30(42)23(15-21-7-4-3-5-8-21)36-29(41)19-39(33(44)24-17-26-31(43)34-11-13-40(26)38-24)12-6-14-46-28-16-22(32(37-25)47-20)9-10-27(28)45-2/h3-5,7-10,16-17,23H,6,11-15,18-19H2,1-2H3,(H,34,43)(H,35,42)(H,36,41)/t23-/m1/s1. The van der Waals surface area contributed by atoms with Crippen molar-refractivity contribution < 1.29 is 33.1 Å². The summed E-state index contributed by atoms with van der Waals surface area (Å²) in [4.78, 5) is 59.1. The Kier molecular flexibility index (Phi) is 9.18. The van der Waals surface area contributed by atoms with E-state index in [1.807, 2.05) is 30.3 Å². The van der Waals surface area contributed by atoms with Gasteiger partial charge in [-0.1, -0.05) is 30.3 Å². The number of carbonyl (C=O) groups is 4. The lowest BCUT2D eigenvalue weighted by Crippen LogP contribution is -2.51. The number of aryl methyl sites for hydroxylation is 1. The largest absolute Gasteiger partial charge is 0.493 e. The van der Waals surface area contributed by atoms with Crippen LogP contribution in [0.3, 0.4) is 0 Å². The smallest absolute Gasteiger partial charge is 0.274 e. The first-order chi connectivity index (χ1) is 22.8. The van der Waals surface area contributed by atoms with E-state index in [9.17, 15) is 19.2 Å². The minimum Gasteiger partial charge on any atom is -0.493 e. The zero-order valence-electron chi connectivity index (χ0n) is 26.1. The summed E-state index contributed by atoms with van der Waals surface area (Å²) in [5.74, 6) is 0.0277. The highest BCUT2D eigenvalue weighted by Gasteiger charge is 2.28. The Morgan fingerprint density at radius 2 is 1.89 bits per heavy atom. The number of ether oxygens (including phenoxy) is 2.